The minimum Gasteiger partial charge on any atom is -0.392 e. The van der Waals surface area contributed by atoms with Crippen LogP contribution in [0.3, 0.4) is 0 Å². The Balaban J connectivity index is 1.21. The number of aliphatic hydroxyl groups is 1. The van der Waals surface area contributed by atoms with Gasteiger partial charge in [-0.25, -0.2) is 10.5 Å². The first-order chi connectivity index (χ1) is 23.5. The summed E-state index contributed by atoms with van der Waals surface area (Å²) < 4.78 is 13.0. The smallest absolute Gasteiger partial charge is 0.243 e. The monoisotopic (exact) mass is 669 g/mol. The van der Waals surface area contributed by atoms with Crippen LogP contribution >= 0.6 is 11.8 Å². The molecule has 0 aliphatic carbocycles. The minimum absolute atomic E-state index is 0.000751. The maximum atomic E-state index is 12.5. The van der Waals surface area contributed by atoms with E-state index in [1.165, 1.54) is 0 Å². The van der Waals surface area contributed by atoms with Crippen molar-refractivity contribution in [3.63, 3.8) is 0 Å². The van der Waals surface area contributed by atoms with Crippen molar-refractivity contribution in [3.8, 4) is 11.1 Å². The molecule has 10 heteroatoms. The molecule has 0 spiro atoms. The van der Waals surface area contributed by atoms with E-state index < -0.39 is 6.29 Å². The van der Waals surface area contributed by atoms with Crippen molar-refractivity contribution >= 4 is 23.6 Å². The zero-order chi connectivity index (χ0) is 33.6. The van der Waals surface area contributed by atoms with Crippen molar-refractivity contribution < 1.29 is 29.4 Å². The van der Waals surface area contributed by atoms with Crippen LogP contribution in [0.1, 0.15) is 79.6 Å². The fourth-order valence-corrected chi connectivity index (χ4v) is 6.55. The number of rotatable bonds is 16. The predicted molar refractivity (Wildman–Crippen MR) is 185 cm³/mol. The molecule has 0 radical (unpaired) electrons. The average Bonchev–Trinajstić information content (AvgIpc) is 3.15. The van der Waals surface area contributed by atoms with E-state index in [0.717, 1.165) is 63.4 Å². The van der Waals surface area contributed by atoms with E-state index in [9.17, 15) is 14.7 Å². The maximum absolute atomic E-state index is 12.5. The number of aliphatic hydroxyl groups excluding tert-OH is 1. The highest BCUT2D eigenvalue weighted by Crippen LogP contribution is 2.40. The summed E-state index contributed by atoms with van der Waals surface area (Å²) in [6.45, 7) is 0.424. The molecule has 1 fully saturated rings. The van der Waals surface area contributed by atoms with Crippen molar-refractivity contribution in [2.75, 3.05) is 5.75 Å². The van der Waals surface area contributed by atoms with Gasteiger partial charge in [0.15, 0.2) is 6.29 Å². The molecule has 4 N–H and O–H groups in total. The van der Waals surface area contributed by atoms with Crippen LogP contribution in [-0.4, -0.2) is 39.0 Å². The Morgan fingerprint density at radius 2 is 1.52 bits per heavy atom. The van der Waals surface area contributed by atoms with Crippen LogP contribution in [0.2, 0.25) is 0 Å². The summed E-state index contributed by atoms with van der Waals surface area (Å²) in [4.78, 5) is 28.1. The molecule has 252 valence electrons. The molecule has 1 aliphatic heterocycles. The molecule has 2 heterocycles. The zero-order valence-corrected chi connectivity index (χ0v) is 27.7. The van der Waals surface area contributed by atoms with Crippen LogP contribution in [0.25, 0.3) is 11.1 Å². The Morgan fingerprint density at radius 1 is 0.812 bits per heavy atom. The SMILES string of the molecule is O=C(CCCCCCC(=O)NCc1ccccc1-c1ccc([C@H]2O[C@@H](CSc3ccccn3)C[C@@H](c3ccc(CO)cc3)O2)cc1)NO. The van der Waals surface area contributed by atoms with E-state index in [1.54, 1.807) is 23.4 Å². The number of benzene rings is 3. The highest BCUT2D eigenvalue weighted by molar-refractivity contribution is 7.99. The van der Waals surface area contributed by atoms with E-state index >= 15 is 0 Å². The second-order valence-corrected chi connectivity index (χ2v) is 12.9. The maximum Gasteiger partial charge on any atom is 0.243 e. The van der Waals surface area contributed by atoms with Crippen LogP contribution in [0.5, 0.6) is 0 Å². The Morgan fingerprint density at radius 3 is 2.23 bits per heavy atom. The number of amides is 2. The lowest BCUT2D eigenvalue weighted by Crippen LogP contribution is -2.31. The topological polar surface area (TPSA) is 130 Å². The molecule has 4 aromatic rings. The van der Waals surface area contributed by atoms with Gasteiger partial charge in [-0.1, -0.05) is 91.7 Å². The molecular weight excluding hydrogens is 627 g/mol. The van der Waals surface area contributed by atoms with Gasteiger partial charge in [0.1, 0.15) is 0 Å². The molecule has 2 amide bonds. The van der Waals surface area contributed by atoms with Crippen LogP contribution in [0.15, 0.2) is 102 Å². The zero-order valence-electron chi connectivity index (χ0n) is 26.9. The summed E-state index contributed by atoms with van der Waals surface area (Å²) in [6, 6.07) is 30.1. The first-order valence-corrected chi connectivity index (χ1v) is 17.4. The number of nitrogens with one attached hydrogen (secondary N) is 2. The molecule has 1 aliphatic rings. The van der Waals surface area contributed by atoms with E-state index in [-0.39, 0.29) is 37.0 Å². The number of pyridine rings is 1. The lowest BCUT2D eigenvalue weighted by molar-refractivity contribution is -0.245. The number of carbonyl (C=O) groups excluding carboxylic acids is 2. The van der Waals surface area contributed by atoms with Crippen LogP contribution in [-0.2, 0) is 32.2 Å². The standard InChI is InChI=1S/C38H43N3O6S/c42-25-27-14-16-29(17-15-27)34-23-32(26-48-37-13-7-8-22-39-37)46-38(47-34)30-20-18-28(19-21-30)33-10-6-5-9-31(33)24-40-35(43)11-3-1-2-4-12-36(44)41-45/h5-10,13-22,32,34,38,42,45H,1-4,11-12,23-26H2,(H,40,43)(H,41,44)/t32-,34+,38+/m1/s1. The first-order valence-electron chi connectivity index (χ1n) is 16.4. The lowest BCUT2D eigenvalue weighted by Gasteiger charge is -2.36. The summed E-state index contributed by atoms with van der Waals surface area (Å²) in [6.07, 6.45) is 5.56. The summed E-state index contributed by atoms with van der Waals surface area (Å²) in [5.41, 5.74) is 7.57. The van der Waals surface area contributed by atoms with E-state index in [1.807, 2.05) is 72.8 Å². The summed E-state index contributed by atoms with van der Waals surface area (Å²) in [5, 5.41) is 22.1. The Kier molecular flexibility index (Phi) is 13.6. The molecule has 9 nitrogen and oxygen atoms in total. The lowest BCUT2D eigenvalue weighted by atomic mass is 9.97. The van der Waals surface area contributed by atoms with Gasteiger partial charge in [-0.3, -0.25) is 14.8 Å². The number of aromatic nitrogens is 1. The van der Waals surface area contributed by atoms with E-state index in [4.69, 9.17) is 14.7 Å². The van der Waals surface area contributed by atoms with Gasteiger partial charge in [0.2, 0.25) is 11.8 Å². The molecule has 5 rings (SSSR count). The predicted octanol–water partition coefficient (Wildman–Crippen LogP) is 7.04. The first kappa shape index (κ1) is 35.3. The van der Waals surface area contributed by atoms with Gasteiger partial charge in [0, 0.05) is 43.3 Å². The third-order valence-corrected chi connectivity index (χ3v) is 9.42. The number of nitrogens with zero attached hydrogens (tertiary/aromatic N) is 1. The molecule has 0 bridgehead atoms. The van der Waals surface area contributed by atoms with Crippen molar-refractivity contribution in [3.05, 3.63) is 119 Å². The van der Waals surface area contributed by atoms with Crippen molar-refractivity contribution in [1.29, 1.82) is 0 Å². The van der Waals surface area contributed by atoms with Crippen molar-refractivity contribution in [2.24, 2.45) is 0 Å². The molecule has 0 saturated carbocycles. The molecule has 1 aromatic heterocycles. The summed E-state index contributed by atoms with van der Waals surface area (Å²) in [7, 11) is 0. The van der Waals surface area contributed by atoms with Gasteiger partial charge in [-0.05, 0) is 52.8 Å². The summed E-state index contributed by atoms with van der Waals surface area (Å²) >= 11 is 1.67. The van der Waals surface area contributed by atoms with Crippen molar-refractivity contribution in [2.45, 2.75) is 81.6 Å². The fraction of sp³-hybridized carbons (Fsp3) is 0.342. The normalized spacial score (nSPS) is 17.5. The number of thioether (sulfide) groups is 1. The fourth-order valence-electron chi connectivity index (χ4n) is 5.67. The number of hydroxylamine groups is 1. The van der Waals surface area contributed by atoms with Gasteiger partial charge < -0.3 is 19.9 Å². The summed E-state index contributed by atoms with van der Waals surface area (Å²) in [5.74, 6) is 0.353. The van der Waals surface area contributed by atoms with E-state index in [2.05, 4.69) is 28.5 Å². The van der Waals surface area contributed by atoms with Gasteiger partial charge >= 0.3 is 0 Å². The molecule has 1 saturated heterocycles. The van der Waals surface area contributed by atoms with Gasteiger partial charge in [-0.15, -0.1) is 11.8 Å². The number of ether oxygens (including phenoxy) is 2. The average molecular weight is 670 g/mol. The third-order valence-electron chi connectivity index (χ3n) is 8.34. The molecule has 3 atom stereocenters. The van der Waals surface area contributed by atoms with Gasteiger partial charge in [-0.2, -0.15) is 0 Å². The van der Waals surface area contributed by atoms with Crippen LogP contribution in [0.4, 0.5) is 0 Å². The highest BCUT2D eigenvalue weighted by atomic mass is 32.2. The quantitative estimate of drug-likeness (QED) is 0.0433. The van der Waals surface area contributed by atoms with Crippen LogP contribution < -0.4 is 10.8 Å². The molecule has 3 aromatic carbocycles. The molecule has 0 unspecified atom stereocenters. The van der Waals surface area contributed by atoms with Gasteiger partial charge in [0.05, 0.1) is 23.8 Å². The molecule has 48 heavy (non-hydrogen) atoms. The van der Waals surface area contributed by atoms with Gasteiger partial charge in [0.25, 0.3) is 0 Å². The number of unbranched alkanes of at least 4 members (excludes halogenated alkanes) is 3. The second-order valence-electron chi connectivity index (χ2n) is 11.8. The Bertz CT molecular complexity index is 1590. The van der Waals surface area contributed by atoms with E-state index in [0.29, 0.717) is 25.8 Å². The highest BCUT2D eigenvalue weighted by Gasteiger charge is 2.32. The number of hydrogen-bond acceptors (Lipinski definition) is 8. The minimum atomic E-state index is -0.550. The number of carbonyl (C=O) groups is 2. The Labute approximate surface area is 286 Å². The van der Waals surface area contributed by atoms with Crippen LogP contribution in [0, 0.1) is 0 Å². The second kappa shape index (κ2) is 18.5. The largest absolute Gasteiger partial charge is 0.392 e. The van der Waals surface area contributed by atoms with Crippen molar-refractivity contribution in [1.82, 2.24) is 15.8 Å². The Hall–Kier alpha value is -4.06. The molecular formula is C38H43N3O6S. The number of hydrogen-bond donors (Lipinski definition) is 4. The third kappa shape index (κ3) is 10.5.